The van der Waals surface area contributed by atoms with Crippen molar-refractivity contribution in [2.45, 2.75) is 38.8 Å². The maximum atomic E-state index is 10.6. The van der Waals surface area contributed by atoms with Gasteiger partial charge in [-0.05, 0) is 36.5 Å². The summed E-state index contributed by atoms with van der Waals surface area (Å²) in [7, 11) is 0. The first kappa shape index (κ1) is 16.2. The first-order chi connectivity index (χ1) is 10.6. The van der Waals surface area contributed by atoms with Gasteiger partial charge in [-0.3, -0.25) is 4.79 Å². The summed E-state index contributed by atoms with van der Waals surface area (Å²) in [5.41, 5.74) is 3.62. The van der Waals surface area contributed by atoms with Crippen molar-refractivity contribution in [3.05, 3.63) is 71.3 Å². The van der Waals surface area contributed by atoms with Gasteiger partial charge in [-0.25, -0.2) is 0 Å². The molecule has 1 atom stereocenters. The van der Waals surface area contributed by atoms with Gasteiger partial charge in [0.1, 0.15) is 0 Å². The monoisotopic (exact) mass is 297 g/mol. The molecule has 0 saturated heterocycles. The molecule has 2 aromatic carbocycles. The molecule has 0 saturated carbocycles. The highest BCUT2D eigenvalue weighted by atomic mass is 16.4. The van der Waals surface area contributed by atoms with Crippen molar-refractivity contribution in [2.75, 3.05) is 0 Å². The second-order valence-electron chi connectivity index (χ2n) is 5.69. The first-order valence-corrected chi connectivity index (χ1v) is 7.70. The Kier molecular flexibility index (Phi) is 6.16. The van der Waals surface area contributed by atoms with Gasteiger partial charge >= 0.3 is 5.97 Å². The van der Waals surface area contributed by atoms with E-state index < -0.39 is 5.97 Å². The maximum absolute atomic E-state index is 10.6. The molecule has 0 spiro atoms. The zero-order chi connectivity index (χ0) is 15.8. The minimum Gasteiger partial charge on any atom is -0.481 e. The zero-order valence-electron chi connectivity index (χ0n) is 13.0. The second kappa shape index (κ2) is 8.35. The molecule has 2 rings (SSSR count). The molecule has 3 nitrogen and oxygen atoms in total. The van der Waals surface area contributed by atoms with Crippen LogP contribution in [0, 0.1) is 0 Å². The summed E-state index contributed by atoms with van der Waals surface area (Å²) < 4.78 is 0. The van der Waals surface area contributed by atoms with Gasteiger partial charge in [-0.2, -0.15) is 0 Å². The molecule has 0 aromatic heterocycles. The van der Waals surface area contributed by atoms with Crippen molar-refractivity contribution in [1.82, 2.24) is 5.32 Å². The van der Waals surface area contributed by atoms with Crippen molar-refractivity contribution < 1.29 is 9.90 Å². The lowest BCUT2D eigenvalue weighted by molar-refractivity contribution is -0.136. The average Bonchev–Trinajstić information content (AvgIpc) is 2.52. The van der Waals surface area contributed by atoms with Crippen LogP contribution in [0.4, 0.5) is 0 Å². The van der Waals surface area contributed by atoms with E-state index in [1.807, 2.05) is 30.3 Å². The number of benzene rings is 2. The number of nitrogens with one attached hydrogen (secondary N) is 1. The number of rotatable bonds is 8. The Bertz CT molecular complexity index is 595. The lowest BCUT2D eigenvalue weighted by atomic mass is 10.0. The predicted molar refractivity (Wildman–Crippen MR) is 88.8 cm³/mol. The van der Waals surface area contributed by atoms with Gasteiger partial charge in [0, 0.05) is 19.0 Å². The van der Waals surface area contributed by atoms with Gasteiger partial charge < -0.3 is 10.4 Å². The molecule has 0 radical (unpaired) electrons. The highest BCUT2D eigenvalue weighted by molar-refractivity contribution is 5.67. The van der Waals surface area contributed by atoms with E-state index >= 15 is 0 Å². The van der Waals surface area contributed by atoms with E-state index in [4.69, 9.17) is 5.11 Å². The van der Waals surface area contributed by atoms with Crippen molar-refractivity contribution in [2.24, 2.45) is 0 Å². The van der Waals surface area contributed by atoms with Crippen molar-refractivity contribution in [3.8, 4) is 0 Å². The van der Waals surface area contributed by atoms with E-state index in [9.17, 15) is 4.79 Å². The fourth-order valence-corrected chi connectivity index (χ4v) is 2.48. The highest BCUT2D eigenvalue weighted by Crippen LogP contribution is 2.10. The molecule has 0 aliphatic heterocycles. The molecule has 0 aliphatic rings. The van der Waals surface area contributed by atoms with Crippen LogP contribution in [0.15, 0.2) is 54.6 Å². The topological polar surface area (TPSA) is 49.3 Å². The minimum atomic E-state index is -0.747. The maximum Gasteiger partial charge on any atom is 0.303 e. The van der Waals surface area contributed by atoms with Crippen LogP contribution in [0.25, 0.3) is 0 Å². The van der Waals surface area contributed by atoms with Crippen LogP contribution in [-0.2, 0) is 24.2 Å². The van der Waals surface area contributed by atoms with Gasteiger partial charge in [0.2, 0.25) is 0 Å². The van der Waals surface area contributed by atoms with Crippen LogP contribution in [0.1, 0.15) is 30.0 Å². The van der Waals surface area contributed by atoms with Crippen molar-refractivity contribution in [3.63, 3.8) is 0 Å². The van der Waals surface area contributed by atoms with Gasteiger partial charge in [0.25, 0.3) is 0 Å². The summed E-state index contributed by atoms with van der Waals surface area (Å²) in [4.78, 5) is 10.6. The number of carbonyl (C=O) groups is 1. The summed E-state index contributed by atoms with van der Waals surface area (Å²) in [6, 6.07) is 18.9. The molecule has 22 heavy (non-hydrogen) atoms. The Hall–Kier alpha value is -2.13. The molecule has 2 N–H and O–H groups in total. The van der Waals surface area contributed by atoms with Crippen LogP contribution < -0.4 is 5.32 Å². The minimum absolute atomic E-state index is 0.186. The summed E-state index contributed by atoms with van der Waals surface area (Å²) in [5.74, 6) is -0.747. The van der Waals surface area contributed by atoms with E-state index in [1.165, 1.54) is 11.1 Å². The van der Waals surface area contributed by atoms with Crippen molar-refractivity contribution >= 4 is 5.97 Å². The first-order valence-electron chi connectivity index (χ1n) is 7.70. The quantitative estimate of drug-likeness (QED) is 0.785. The number of hydrogen-bond acceptors (Lipinski definition) is 2. The Balaban J connectivity index is 1.84. The van der Waals surface area contributed by atoms with Crippen LogP contribution in [0.3, 0.4) is 0 Å². The van der Waals surface area contributed by atoms with Gasteiger partial charge in [0.15, 0.2) is 0 Å². The molecule has 2 aromatic rings. The molecular weight excluding hydrogens is 274 g/mol. The smallest absolute Gasteiger partial charge is 0.303 e. The molecule has 1 unspecified atom stereocenters. The number of carboxylic acids is 1. The van der Waals surface area contributed by atoms with E-state index in [-0.39, 0.29) is 6.42 Å². The number of carboxylic acid groups (broad SMARTS) is 1. The number of aliphatic carboxylic acids is 1. The number of aryl methyl sites for hydroxylation is 1. The average molecular weight is 297 g/mol. The van der Waals surface area contributed by atoms with Gasteiger partial charge in [0.05, 0.1) is 0 Å². The third-order valence-corrected chi connectivity index (χ3v) is 3.66. The van der Waals surface area contributed by atoms with E-state index in [2.05, 4.69) is 36.5 Å². The molecular formula is C19H23NO2. The largest absolute Gasteiger partial charge is 0.481 e. The van der Waals surface area contributed by atoms with Crippen LogP contribution in [0.5, 0.6) is 0 Å². The summed E-state index contributed by atoms with van der Waals surface area (Å²) in [6.45, 7) is 3.04. The zero-order valence-corrected chi connectivity index (χ0v) is 13.0. The normalized spacial score (nSPS) is 12.0. The summed E-state index contributed by atoms with van der Waals surface area (Å²) in [6.07, 6.45) is 1.72. The molecule has 0 bridgehead atoms. The predicted octanol–water partition coefficient (Wildman–Crippen LogP) is 3.42. The molecule has 0 heterocycles. The van der Waals surface area contributed by atoms with Gasteiger partial charge in [-0.15, -0.1) is 0 Å². The lowest BCUT2D eigenvalue weighted by Gasteiger charge is -2.14. The molecule has 0 fully saturated rings. The fourth-order valence-electron chi connectivity index (χ4n) is 2.48. The van der Waals surface area contributed by atoms with Crippen LogP contribution in [-0.4, -0.2) is 17.1 Å². The molecule has 3 heteroatoms. The Morgan fingerprint density at radius 2 is 1.73 bits per heavy atom. The Labute approximate surface area is 132 Å². The Morgan fingerprint density at radius 1 is 1.05 bits per heavy atom. The van der Waals surface area contributed by atoms with Gasteiger partial charge in [-0.1, -0.05) is 54.6 Å². The second-order valence-corrected chi connectivity index (χ2v) is 5.69. The van der Waals surface area contributed by atoms with Crippen LogP contribution in [0.2, 0.25) is 0 Å². The van der Waals surface area contributed by atoms with E-state index in [1.54, 1.807) is 0 Å². The SMILES string of the molecule is CC(Cc1cccc(CCC(=O)O)c1)NCc1ccccc1. The number of hydrogen-bond donors (Lipinski definition) is 2. The fraction of sp³-hybridized carbons (Fsp3) is 0.316. The molecule has 0 aliphatic carbocycles. The van der Waals surface area contributed by atoms with Crippen LogP contribution >= 0.6 is 0 Å². The highest BCUT2D eigenvalue weighted by Gasteiger charge is 2.05. The van der Waals surface area contributed by atoms with E-state index in [0.717, 1.165) is 18.5 Å². The third-order valence-electron chi connectivity index (χ3n) is 3.66. The summed E-state index contributed by atoms with van der Waals surface area (Å²) in [5, 5.41) is 12.3. The standard InChI is InChI=1S/C19H23NO2/c1-15(20-14-17-6-3-2-4-7-17)12-18-9-5-8-16(13-18)10-11-19(21)22/h2-9,13,15,20H,10-12,14H2,1H3,(H,21,22). The lowest BCUT2D eigenvalue weighted by Crippen LogP contribution is -2.27. The van der Waals surface area contributed by atoms with Crippen molar-refractivity contribution in [1.29, 1.82) is 0 Å². The third kappa shape index (κ3) is 5.70. The summed E-state index contributed by atoms with van der Waals surface area (Å²) >= 11 is 0. The van der Waals surface area contributed by atoms with E-state index in [0.29, 0.717) is 12.5 Å². The molecule has 0 amide bonds. The Morgan fingerprint density at radius 3 is 2.45 bits per heavy atom. The molecule has 116 valence electrons.